The van der Waals surface area contributed by atoms with Gasteiger partial charge in [-0.25, -0.2) is 0 Å². The van der Waals surface area contributed by atoms with Gasteiger partial charge in [0.05, 0.1) is 0 Å². The van der Waals surface area contributed by atoms with Crippen LogP contribution in [-0.4, -0.2) is 17.5 Å². The first-order valence-corrected chi connectivity index (χ1v) is 6.68. The van der Waals surface area contributed by atoms with Crippen LogP contribution in [0.4, 0.5) is 0 Å². The van der Waals surface area contributed by atoms with Gasteiger partial charge in [-0.1, -0.05) is 6.07 Å². The molecule has 1 heterocycles. The van der Waals surface area contributed by atoms with Crippen molar-refractivity contribution in [2.24, 2.45) is 5.73 Å². The van der Waals surface area contributed by atoms with E-state index in [-0.39, 0.29) is 0 Å². The Kier molecular flexibility index (Phi) is 5.51. The molecule has 1 rings (SSSR count). The summed E-state index contributed by atoms with van der Waals surface area (Å²) in [4.78, 5) is 1.49. The summed E-state index contributed by atoms with van der Waals surface area (Å²) < 4.78 is 0. The molecule has 1 atom stereocenters. The van der Waals surface area contributed by atoms with Crippen LogP contribution in [0.15, 0.2) is 17.5 Å². The summed E-state index contributed by atoms with van der Waals surface area (Å²) >= 11 is 3.86. The average Bonchev–Trinajstić information content (AvgIpc) is 2.55. The smallest absolute Gasteiger partial charge is 0.00534 e. The predicted octanol–water partition coefficient (Wildman–Crippen LogP) is 2.76. The maximum atomic E-state index is 5.66. The fourth-order valence-corrected chi connectivity index (χ4v) is 2.94. The Hall–Kier alpha value is 0.01000. The highest BCUT2D eigenvalue weighted by molar-refractivity contribution is 7.99. The molecule has 0 aliphatic carbocycles. The Bertz CT molecular complexity index is 207. The van der Waals surface area contributed by atoms with Crippen LogP contribution in [0.3, 0.4) is 0 Å². The standard InChI is InChI=1S/C10H17NS2/c1-9(11)4-7-12-8-5-10-3-2-6-13-10/h2-3,6,9H,4-5,7-8,11H2,1H3. The van der Waals surface area contributed by atoms with E-state index in [0.29, 0.717) is 6.04 Å². The molecule has 0 saturated carbocycles. The fraction of sp³-hybridized carbons (Fsp3) is 0.600. The summed E-state index contributed by atoms with van der Waals surface area (Å²) in [5, 5.41) is 2.14. The zero-order chi connectivity index (χ0) is 9.52. The van der Waals surface area contributed by atoms with Crippen LogP contribution in [0, 0.1) is 0 Å². The second-order valence-electron chi connectivity index (χ2n) is 3.21. The summed E-state index contributed by atoms with van der Waals surface area (Å²) in [6, 6.07) is 4.68. The van der Waals surface area contributed by atoms with Crippen LogP contribution in [0.25, 0.3) is 0 Å². The van der Waals surface area contributed by atoms with E-state index in [1.165, 1.54) is 22.8 Å². The number of thioether (sulfide) groups is 1. The SMILES string of the molecule is CC(N)CCSCCc1cccs1. The van der Waals surface area contributed by atoms with Crippen LogP contribution < -0.4 is 5.73 Å². The number of thiophene rings is 1. The quantitative estimate of drug-likeness (QED) is 0.738. The summed E-state index contributed by atoms with van der Waals surface area (Å²) in [6.45, 7) is 2.07. The molecule has 74 valence electrons. The normalized spacial score (nSPS) is 13.1. The number of aryl methyl sites for hydroxylation is 1. The van der Waals surface area contributed by atoms with Crippen LogP contribution in [0.1, 0.15) is 18.2 Å². The molecule has 0 saturated heterocycles. The molecule has 1 nitrogen and oxygen atoms in total. The van der Waals surface area contributed by atoms with E-state index >= 15 is 0 Å². The van der Waals surface area contributed by atoms with Gasteiger partial charge in [0.25, 0.3) is 0 Å². The van der Waals surface area contributed by atoms with Gasteiger partial charge < -0.3 is 5.73 Å². The third kappa shape index (κ3) is 5.34. The van der Waals surface area contributed by atoms with Gasteiger partial charge in [0.2, 0.25) is 0 Å². The molecule has 0 aromatic carbocycles. The molecule has 0 bridgehead atoms. The lowest BCUT2D eigenvalue weighted by Gasteiger charge is -2.03. The maximum Gasteiger partial charge on any atom is 0.00534 e. The van der Waals surface area contributed by atoms with Crippen molar-refractivity contribution in [1.29, 1.82) is 0 Å². The van der Waals surface area contributed by atoms with Gasteiger partial charge in [0.1, 0.15) is 0 Å². The van der Waals surface area contributed by atoms with Gasteiger partial charge in [0.15, 0.2) is 0 Å². The van der Waals surface area contributed by atoms with Gasteiger partial charge in [0, 0.05) is 10.9 Å². The number of nitrogens with two attached hydrogens (primary N) is 1. The molecule has 13 heavy (non-hydrogen) atoms. The van der Waals surface area contributed by atoms with Gasteiger partial charge >= 0.3 is 0 Å². The van der Waals surface area contributed by atoms with Crippen LogP contribution in [0.5, 0.6) is 0 Å². The number of hydrogen-bond donors (Lipinski definition) is 1. The molecule has 1 unspecified atom stereocenters. The Balaban J connectivity index is 1.96. The minimum Gasteiger partial charge on any atom is -0.328 e. The monoisotopic (exact) mass is 215 g/mol. The van der Waals surface area contributed by atoms with Crippen molar-refractivity contribution < 1.29 is 0 Å². The van der Waals surface area contributed by atoms with Crippen molar-refractivity contribution in [3.05, 3.63) is 22.4 Å². The summed E-state index contributed by atoms with van der Waals surface area (Å²) in [5.41, 5.74) is 5.66. The molecule has 2 N–H and O–H groups in total. The maximum absolute atomic E-state index is 5.66. The van der Waals surface area contributed by atoms with Gasteiger partial charge in [-0.05, 0) is 42.7 Å². The van der Waals surface area contributed by atoms with E-state index in [9.17, 15) is 0 Å². The van der Waals surface area contributed by atoms with E-state index in [1.807, 2.05) is 23.1 Å². The van der Waals surface area contributed by atoms with Crippen molar-refractivity contribution in [3.63, 3.8) is 0 Å². The molecular weight excluding hydrogens is 198 g/mol. The Morgan fingerprint density at radius 3 is 3.00 bits per heavy atom. The van der Waals surface area contributed by atoms with Crippen molar-refractivity contribution in [3.8, 4) is 0 Å². The zero-order valence-electron chi connectivity index (χ0n) is 8.03. The molecule has 0 radical (unpaired) electrons. The van der Waals surface area contributed by atoms with Gasteiger partial charge in [-0.3, -0.25) is 0 Å². The Labute approximate surface area is 88.7 Å². The third-order valence-corrected chi connectivity index (χ3v) is 3.74. The summed E-state index contributed by atoms with van der Waals surface area (Å²) in [7, 11) is 0. The van der Waals surface area contributed by atoms with Crippen LogP contribution in [0.2, 0.25) is 0 Å². The topological polar surface area (TPSA) is 26.0 Å². The van der Waals surface area contributed by atoms with E-state index in [1.54, 1.807) is 0 Å². The molecule has 1 aromatic rings. The summed E-state index contributed by atoms with van der Waals surface area (Å²) in [6.07, 6.45) is 2.34. The minimum absolute atomic E-state index is 0.356. The molecule has 3 heteroatoms. The van der Waals surface area contributed by atoms with Crippen molar-refractivity contribution in [2.45, 2.75) is 25.8 Å². The number of hydrogen-bond acceptors (Lipinski definition) is 3. The van der Waals surface area contributed by atoms with E-state index in [2.05, 4.69) is 24.4 Å². The first-order chi connectivity index (χ1) is 6.29. The van der Waals surface area contributed by atoms with E-state index in [4.69, 9.17) is 5.73 Å². The van der Waals surface area contributed by atoms with Crippen LogP contribution in [-0.2, 0) is 6.42 Å². The predicted molar refractivity (Wildman–Crippen MR) is 63.6 cm³/mol. The molecule has 0 aliphatic rings. The summed E-state index contributed by atoms with van der Waals surface area (Å²) in [5.74, 6) is 2.43. The number of rotatable bonds is 6. The lowest BCUT2D eigenvalue weighted by molar-refractivity contribution is 0.721. The molecule has 0 spiro atoms. The fourth-order valence-electron chi connectivity index (χ4n) is 0.999. The van der Waals surface area contributed by atoms with Crippen molar-refractivity contribution in [1.82, 2.24) is 0 Å². The molecule has 0 amide bonds. The van der Waals surface area contributed by atoms with Crippen molar-refractivity contribution in [2.75, 3.05) is 11.5 Å². The lowest BCUT2D eigenvalue weighted by Crippen LogP contribution is -2.15. The third-order valence-electron chi connectivity index (χ3n) is 1.79. The second kappa shape index (κ2) is 6.46. The molecular formula is C10H17NS2. The molecule has 0 fully saturated rings. The van der Waals surface area contributed by atoms with Crippen LogP contribution >= 0.6 is 23.1 Å². The van der Waals surface area contributed by atoms with Crippen molar-refractivity contribution >= 4 is 23.1 Å². The highest BCUT2D eigenvalue weighted by Gasteiger charge is 1.96. The first kappa shape index (κ1) is 11.1. The molecule has 0 aliphatic heterocycles. The highest BCUT2D eigenvalue weighted by atomic mass is 32.2. The Morgan fingerprint density at radius 1 is 1.54 bits per heavy atom. The Morgan fingerprint density at radius 2 is 2.38 bits per heavy atom. The zero-order valence-corrected chi connectivity index (χ0v) is 9.66. The van der Waals surface area contributed by atoms with Gasteiger partial charge in [-0.15, -0.1) is 11.3 Å². The minimum atomic E-state index is 0.356. The first-order valence-electron chi connectivity index (χ1n) is 4.65. The second-order valence-corrected chi connectivity index (χ2v) is 5.46. The molecule has 1 aromatic heterocycles. The largest absolute Gasteiger partial charge is 0.328 e. The average molecular weight is 215 g/mol. The van der Waals surface area contributed by atoms with Gasteiger partial charge in [-0.2, -0.15) is 11.8 Å². The lowest BCUT2D eigenvalue weighted by atomic mass is 10.3. The highest BCUT2D eigenvalue weighted by Crippen LogP contribution is 2.13. The van der Waals surface area contributed by atoms with E-state index in [0.717, 1.165) is 6.42 Å². The van der Waals surface area contributed by atoms with E-state index < -0.39 is 0 Å².